The van der Waals surface area contributed by atoms with Crippen LogP contribution in [0.2, 0.25) is 0 Å². The predicted molar refractivity (Wildman–Crippen MR) is 86.6 cm³/mol. The van der Waals surface area contributed by atoms with Crippen LogP contribution < -0.4 is 15.8 Å². The van der Waals surface area contributed by atoms with Crippen LogP contribution in [0.3, 0.4) is 0 Å². The highest BCUT2D eigenvalue weighted by atomic mass is 127. The molecule has 0 radical (unpaired) electrons. The van der Waals surface area contributed by atoms with Gasteiger partial charge in [-0.3, -0.25) is 0 Å². The molecule has 0 bridgehead atoms. The van der Waals surface area contributed by atoms with Gasteiger partial charge in [0.05, 0.1) is 13.7 Å². The number of aliphatic imine (C=N–C) groups is 1. The van der Waals surface area contributed by atoms with E-state index in [4.69, 9.17) is 10.5 Å². The highest BCUT2D eigenvalue weighted by molar-refractivity contribution is 14.0. The quantitative estimate of drug-likeness (QED) is 0.480. The molecule has 0 aliphatic carbocycles. The summed E-state index contributed by atoms with van der Waals surface area (Å²) in [6.45, 7) is 5.61. The van der Waals surface area contributed by atoms with Crippen LogP contribution in [0.25, 0.3) is 0 Å². The zero-order chi connectivity index (χ0) is 12.7. The number of nitrogens with one attached hydrogen (secondary N) is 1. The monoisotopic (exact) mass is 363 g/mol. The van der Waals surface area contributed by atoms with Crippen LogP contribution in [0.1, 0.15) is 19.4 Å². The van der Waals surface area contributed by atoms with Crippen LogP contribution in [0.5, 0.6) is 5.75 Å². The van der Waals surface area contributed by atoms with E-state index in [1.54, 1.807) is 7.11 Å². The molecule has 0 spiro atoms. The Labute approximate surface area is 126 Å². The minimum Gasteiger partial charge on any atom is -0.496 e. The summed E-state index contributed by atoms with van der Waals surface area (Å²) in [5, 5.41) is 3.08. The highest BCUT2D eigenvalue weighted by Gasteiger charge is 2.00. The second kappa shape index (κ2) is 9.02. The van der Waals surface area contributed by atoms with E-state index in [1.807, 2.05) is 24.3 Å². The molecule has 3 N–H and O–H groups in total. The Morgan fingerprint density at radius 2 is 2.06 bits per heavy atom. The first kappa shape index (κ1) is 17.0. The van der Waals surface area contributed by atoms with E-state index in [0.29, 0.717) is 18.4 Å². The number of hydrogen-bond acceptors (Lipinski definition) is 2. The van der Waals surface area contributed by atoms with E-state index in [2.05, 4.69) is 24.2 Å². The van der Waals surface area contributed by atoms with Crippen molar-refractivity contribution in [3.63, 3.8) is 0 Å². The molecule has 5 heteroatoms. The zero-order valence-corrected chi connectivity index (χ0v) is 13.5. The lowest BCUT2D eigenvalue weighted by molar-refractivity contribution is 0.410. The van der Waals surface area contributed by atoms with Gasteiger partial charge in [-0.05, 0) is 12.0 Å². The van der Waals surface area contributed by atoms with Gasteiger partial charge in [0.15, 0.2) is 5.96 Å². The van der Waals surface area contributed by atoms with Crippen molar-refractivity contribution in [1.82, 2.24) is 5.32 Å². The van der Waals surface area contributed by atoms with E-state index in [1.165, 1.54) is 0 Å². The second-order valence-electron chi connectivity index (χ2n) is 4.29. The van der Waals surface area contributed by atoms with Crippen LogP contribution >= 0.6 is 24.0 Å². The molecule has 0 atom stereocenters. The average molecular weight is 363 g/mol. The van der Waals surface area contributed by atoms with Crippen molar-refractivity contribution in [2.24, 2.45) is 16.6 Å². The van der Waals surface area contributed by atoms with Gasteiger partial charge in [-0.2, -0.15) is 0 Å². The molecule has 1 aromatic carbocycles. The van der Waals surface area contributed by atoms with Crippen molar-refractivity contribution in [1.29, 1.82) is 0 Å². The summed E-state index contributed by atoms with van der Waals surface area (Å²) in [6.07, 6.45) is 0. The van der Waals surface area contributed by atoms with Gasteiger partial charge in [0.1, 0.15) is 5.75 Å². The number of guanidine groups is 1. The van der Waals surface area contributed by atoms with Crippen molar-refractivity contribution < 1.29 is 4.74 Å². The molecule has 0 saturated carbocycles. The van der Waals surface area contributed by atoms with E-state index in [0.717, 1.165) is 17.9 Å². The molecule has 4 nitrogen and oxygen atoms in total. The Balaban J connectivity index is 0.00000289. The van der Waals surface area contributed by atoms with Gasteiger partial charge in [-0.1, -0.05) is 32.0 Å². The Morgan fingerprint density at radius 3 is 2.67 bits per heavy atom. The van der Waals surface area contributed by atoms with Crippen LogP contribution in [-0.2, 0) is 6.54 Å². The van der Waals surface area contributed by atoms with E-state index >= 15 is 0 Å². The van der Waals surface area contributed by atoms with Crippen molar-refractivity contribution in [3.05, 3.63) is 29.8 Å². The van der Waals surface area contributed by atoms with Gasteiger partial charge in [0.25, 0.3) is 0 Å². The maximum Gasteiger partial charge on any atom is 0.188 e. The standard InChI is InChI=1S/C13H21N3O.HI/c1-10(2)8-15-13(14)16-9-11-6-4-5-7-12(11)17-3;/h4-7,10H,8-9H2,1-3H3,(H3,14,15,16);1H. The van der Waals surface area contributed by atoms with Gasteiger partial charge in [-0.25, -0.2) is 4.99 Å². The summed E-state index contributed by atoms with van der Waals surface area (Å²) < 4.78 is 5.25. The smallest absolute Gasteiger partial charge is 0.188 e. The minimum atomic E-state index is 0. The summed E-state index contributed by atoms with van der Waals surface area (Å²) in [4.78, 5) is 4.28. The average Bonchev–Trinajstić information content (AvgIpc) is 2.34. The molecule has 1 aromatic rings. The van der Waals surface area contributed by atoms with Gasteiger partial charge >= 0.3 is 0 Å². The summed E-state index contributed by atoms with van der Waals surface area (Å²) in [5.41, 5.74) is 6.79. The van der Waals surface area contributed by atoms with E-state index in [-0.39, 0.29) is 24.0 Å². The van der Waals surface area contributed by atoms with Gasteiger partial charge in [-0.15, -0.1) is 24.0 Å². The number of nitrogens with two attached hydrogens (primary N) is 1. The Hall–Kier alpha value is -0.980. The molecule has 0 fully saturated rings. The molecule has 0 amide bonds. The molecule has 0 aromatic heterocycles. The van der Waals surface area contributed by atoms with Crippen LogP contribution in [0.4, 0.5) is 0 Å². The number of ether oxygens (including phenoxy) is 1. The molecule has 102 valence electrons. The molecule has 18 heavy (non-hydrogen) atoms. The number of halogens is 1. The van der Waals surface area contributed by atoms with Crippen LogP contribution in [0, 0.1) is 5.92 Å². The van der Waals surface area contributed by atoms with Crippen LogP contribution in [-0.4, -0.2) is 19.6 Å². The summed E-state index contributed by atoms with van der Waals surface area (Å²) >= 11 is 0. The lowest BCUT2D eigenvalue weighted by Crippen LogP contribution is -2.34. The number of rotatable bonds is 5. The van der Waals surface area contributed by atoms with Crippen molar-refractivity contribution >= 4 is 29.9 Å². The number of hydrogen-bond donors (Lipinski definition) is 2. The van der Waals surface area contributed by atoms with Crippen molar-refractivity contribution in [2.75, 3.05) is 13.7 Å². The first-order chi connectivity index (χ1) is 8.13. The van der Waals surface area contributed by atoms with Gasteiger partial charge in [0, 0.05) is 12.1 Å². The highest BCUT2D eigenvalue weighted by Crippen LogP contribution is 2.17. The Bertz CT molecular complexity index is 380. The van der Waals surface area contributed by atoms with Crippen LogP contribution in [0.15, 0.2) is 29.3 Å². The molecular weight excluding hydrogens is 341 g/mol. The molecule has 0 heterocycles. The summed E-state index contributed by atoms with van der Waals surface area (Å²) in [6, 6.07) is 7.80. The van der Waals surface area contributed by atoms with Crippen molar-refractivity contribution in [3.8, 4) is 5.75 Å². The predicted octanol–water partition coefficient (Wildman–Crippen LogP) is 2.37. The first-order valence-corrected chi connectivity index (χ1v) is 5.79. The maximum absolute atomic E-state index is 5.76. The first-order valence-electron chi connectivity index (χ1n) is 5.79. The fourth-order valence-corrected chi connectivity index (χ4v) is 1.37. The third-order valence-electron chi connectivity index (χ3n) is 2.30. The third kappa shape index (κ3) is 6.09. The van der Waals surface area contributed by atoms with Crippen molar-refractivity contribution in [2.45, 2.75) is 20.4 Å². The zero-order valence-electron chi connectivity index (χ0n) is 11.1. The Morgan fingerprint density at radius 1 is 1.39 bits per heavy atom. The number of nitrogens with zero attached hydrogens (tertiary/aromatic N) is 1. The van der Waals surface area contributed by atoms with Gasteiger partial charge < -0.3 is 15.8 Å². The minimum absolute atomic E-state index is 0. The summed E-state index contributed by atoms with van der Waals surface area (Å²) in [7, 11) is 1.66. The lowest BCUT2D eigenvalue weighted by Gasteiger charge is -2.09. The molecule has 1 rings (SSSR count). The fraction of sp³-hybridized carbons (Fsp3) is 0.462. The van der Waals surface area contributed by atoms with Gasteiger partial charge in [0.2, 0.25) is 0 Å². The number of methoxy groups -OCH3 is 1. The third-order valence-corrected chi connectivity index (χ3v) is 2.30. The molecule has 0 saturated heterocycles. The summed E-state index contributed by atoms with van der Waals surface area (Å²) in [5.74, 6) is 1.87. The lowest BCUT2D eigenvalue weighted by atomic mass is 10.2. The second-order valence-corrected chi connectivity index (χ2v) is 4.29. The number of benzene rings is 1. The Kier molecular flexibility index (Phi) is 8.53. The van der Waals surface area contributed by atoms with E-state index in [9.17, 15) is 0 Å². The largest absolute Gasteiger partial charge is 0.496 e. The number of para-hydroxylation sites is 1. The maximum atomic E-state index is 5.76. The normalized spacial score (nSPS) is 11.0. The SMILES string of the molecule is COc1ccccc1CN=C(N)NCC(C)C.I. The molecule has 0 aliphatic heterocycles. The molecule has 0 aliphatic rings. The van der Waals surface area contributed by atoms with E-state index < -0.39 is 0 Å². The topological polar surface area (TPSA) is 59.6 Å². The fourth-order valence-electron chi connectivity index (χ4n) is 1.37. The molecule has 0 unspecified atom stereocenters. The molecular formula is C13H22IN3O.